The number of rotatable bonds is 3. The van der Waals surface area contributed by atoms with Crippen LogP contribution >= 0.6 is 0 Å². The molecule has 0 saturated heterocycles. The van der Waals surface area contributed by atoms with E-state index >= 15 is 0 Å². The number of nitrogens with two attached hydrogens (primary N) is 1. The number of hydrogen-bond donors (Lipinski definition) is 4. The van der Waals surface area contributed by atoms with Gasteiger partial charge < -0.3 is 16.2 Å². The third-order valence-electron chi connectivity index (χ3n) is 4.46. The number of H-pyrrole nitrogens is 1. The minimum atomic E-state index is -0.370. The van der Waals surface area contributed by atoms with Crippen molar-refractivity contribution in [1.82, 2.24) is 15.2 Å². The summed E-state index contributed by atoms with van der Waals surface area (Å²) in [5.41, 5.74) is 8.39. The van der Waals surface area contributed by atoms with Crippen molar-refractivity contribution in [2.24, 2.45) is 0 Å². The van der Waals surface area contributed by atoms with E-state index in [0.29, 0.717) is 40.1 Å². The monoisotopic (exact) mass is 327 g/mol. The number of benzene rings is 1. The zero-order valence-electron chi connectivity index (χ0n) is 13.0. The van der Waals surface area contributed by atoms with Crippen LogP contribution in [0.15, 0.2) is 30.5 Å². The minimum absolute atomic E-state index is 0.108. The Morgan fingerprint density at radius 3 is 2.88 bits per heavy atom. The van der Waals surface area contributed by atoms with Gasteiger partial charge in [0.2, 0.25) is 0 Å². The summed E-state index contributed by atoms with van der Waals surface area (Å²) in [7, 11) is 0. The molecule has 124 valence electrons. The summed E-state index contributed by atoms with van der Waals surface area (Å²) < 4.78 is 14.8. The van der Waals surface area contributed by atoms with Crippen LogP contribution < -0.4 is 11.1 Å². The van der Waals surface area contributed by atoms with E-state index in [4.69, 9.17) is 5.73 Å². The third kappa shape index (κ3) is 2.67. The molecule has 7 heteroatoms. The highest BCUT2D eigenvalue weighted by molar-refractivity contribution is 5.95. The second-order valence-electron chi connectivity index (χ2n) is 6.23. The smallest absolute Gasteiger partial charge is 0.135 e. The highest BCUT2D eigenvalue weighted by atomic mass is 19.1. The maximum Gasteiger partial charge on any atom is 0.135 e. The summed E-state index contributed by atoms with van der Waals surface area (Å²) in [6, 6.07) is 6.77. The molecule has 6 nitrogen and oxygen atoms in total. The fourth-order valence-corrected chi connectivity index (χ4v) is 3.33. The normalized spacial score (nSPS) is 20.6. The molecule has 0 bridgehead atoms. The summed E-state index contributed by atoms with van der Waals surface area (Å²) >= 11 is 0. The number of aliphatic hydroxyl groups excluding tert-OH is 1. The highest BCUT2D eigenvalue weighted by Crippen LogP contribution is 2.33. The highest BCUT2D eigenvalue weighted by Gasteiger charge is 2.24. The van der Waals surface area contributed by atoms with Crippen molar-refractivity contribution in [3.05, 3.63) is 36.3 Å². The summed E-state index contributed by atoms with van der Waals surface area (Å²) in [5.74, 6) is -0.0460. The second-order valence-corrected chi connectivity index (χ2v) is 6.23. The number of pyridine rings is 1. The molecule has 0 amide bonds. The number of nitrogens with one attached hydrogen (secondary N) is 2. The summed E-state index contributed by atoms with van der Waals surface area (Å²) in [6.07, 6.45) is 3.56. The Balaban J connectivity index is 1.79. The van der Waals surface area contributed by atoms with Crippen molar-refractivity contribution in [1.29, 1.82) is 0 Å². The average Bonchev–Trinajstić information content (AvgIpc) is 3.18. The van der Waals surface area contributed by atoms with Gasteiger partial charge in [-0.2, -0.15) is 5.10 Å². The molecular formula is C17H18FN5O. The lowest BCUT2D eigenvalue weighted by Crippen LogP contribution is -2.17. The first-order chi connectivity index (χ1) is 11.6. The van der Waals surface area contributed by atoms with Crippen molar-refractivity contribution in [3.63, 3.8) is 0 Å². The predicted octanol–water partition coefficient (Wildman–Crippen LogP) is 2.67. The summed E-state index contributed by atoms with van der Waals surface area (Å²) in [5, 5.41) is 20.1. The van der Waals surface area contributed by atoms with E-state index in [1.165, 1.54) is 6.07 Å². The van der Waals surface area contributed by atoms with Crippen LogP contribution in [-0.4, -0.2) is 32.4 Å². The first kappa shape index (κ1) is 14.9. The molecule has 3 aromatic rings. The number of aromatic nitrogens is 3. The fraction of sp³-hybridized carbons (Fsp3) is 0.294. The van der Waals surface area contributed by atoms with Crippen LogP contribution in [0.5, 0.6) is 0 Å². The Morgan fingerprint density at radius 1 is 1.29 bits per heavy atom. The summed E-state index contributed by atoms with van der Waals surface area (Å²) in [6.45, 7) is 0. The fourth-order valence-electron chi connectivity index (χ4n) is 3.33. The molecule has 2 heterocycles. The van der Waals surface area contributed by atoms with Gasteiger partial charge in [-0.25, -0.2) is 9.37 Å². The standard InChI is InChI=1S/C17H18FN5O/c18-12-5-9(13-3-4-20-23-13)6-14-17(12)15(8-16(19)22-14)21-10-1-2-11(24)7-10/h3-6,8,10-11,24H,1-2,7H2,(H,20,23)(H3,19,21,22)/t10?,11-/m0/s1. The predicted molar refractivity (Wildman–Crippen MR) is 91.0 cm³/mol. The van der Waals surface area contributed by atoms with Crippen LogP contribution in [0, 0.1) is 5.82 Å². The molecule has 0 radical (unpaired) electrons. The van der Waals surface area contributed by atoms with Gasteiger partial charge in [-0.3, -0.25) is 5.10 Å². The van der Waals surface area contributed by atoms with Crippen LogP contribution in [0.1, 0.15) is 19.3 Å². The van der Waals surface area contributed by atoms with Crippen LogP contribution in [-0.2, 0) is 0 Å². The second kappa shape index (κ2) is 5.76. The molecule has 1 aromatic carbocycles. The molecule has 1 unspecified atom stereocenters. The molecule has 0 spiro atoms. The molecule has 1 saturated carbocycles. The first-order valence-corrected chi connectivity index (χ1v) is 7.94. The van der Waals surface area contributed by atoms with Crippen molar-refractivity contribution < 1.29 is 9.50 Å². The van der Waals surface area contributed by atoms with Gasteiger partial charge in [0, 0.05) is 23.9 Å². The zero-order chi connectivity index (χ0) is 16.7. The lowest BCUT2D eigenvalue weighted by Gasteiger charge is -2.17. The lowest BCUT2D eigenvalue weighted by molar-refractivity contribution is 0.182. The third-order valence-corrected chi connectivity index (χ3v) is 4.46. The number of aromatic amines is 1. The zero-order valence-corrected chi connectivity index (χ0v) is 13.0. The number of nitrogen functional groups attached to an aromatic ring is 1. The maximum absolute atomic E-state index is 14.8. The Kier molecular flexibility index (Phi) is 3.57. The van der Waals surface area contributed by atoms with Gasteiger partial charge in [0.05, 0.1) is 28.4 Å². The number of nitrogens with zero attached hydrogens (tertiary/aromatic N) is 2. The van der Waals surface area contributed by atoms with E-state index in [-0.39, 0.29) is 18.0 Å². The van der Waals surface area contributed by atoms with Crippen LogP contribution in [0.4, 0.5) is 15.9 Å². The number of anilines is 2. The molecular weight excluding hydrogens is 309 g/mol. The van der Waals surface area contributed by atoms with Gasteiger partial charge in [-0.1, -0.05) is 0 Å². The van der Waals surface area contributed by atoms with Gasteiger partial charge in [0.1, 0.15) is 11.6 Å². The maximum atomic E-state index is 14.8. The summed E-state index contributed by atoms with van der Waals surface area (Å²) in [4.78, 5) is 4.27. The first-order valence-electron chi connectivity index (χ1n) is 7.94. The number of hydrogen-bond acceptors (Lipinski definition) is 5. The van der Waals surface area contributed by atoms with Crippen LogP contribution in [0.2, 0.25) is 0 Å². The van der Waals surface area contributed by atoms with Crippen molar-refractivity contribution in [2.75, 3.05) is 11.1 Å². The van der Waals surface area contributed by atoms with E-state index < -0.39 is 0 Å². The SMILES string of the molecule is Nc1cc(NC2CC[C@H](O)C2)c2c(F)cc(-c3ccn[nH]3)cc2n1. The van der Waals surface area contributed by atoms with E-state index in [1.54, 1.807) is 24.4 Å². The Morgan fingerprint density at radius 2 is 2.17 bits per heavy atom. The van der Waals surface area contributed by atoms with Gasteiger partial charge in [-0.05, 0) is 37.5 Å². The van der Waals surface area contributed by atoms with Gasteiger partial charge in [0.25, 0.3) is 0 Å². The molecule has 1 aliphatic carbocycles. The van der Waals surface area contributed by atoms with E-state index in [0.717, 1.165) is 12.8 Å². The lowest BCUT2D eigenvalue weighted by atomic mass is 10.1. The van der Waals surface area contributed by atoms with Crippen molar-refractivity contribution >= 4 is 22.4 Å². The molecule has 4 rings (SSSR count). The molecule has 24 heavy (non-hydrogen) atoms. The van der Waals surface area contributed by atoms with Crippen LogP contribution in [0.3, 0.4) is 0 Å². The number of halogens is 1. The molecule has 2 aromatic heterocycles. The average molecular weight is 327 g/mol. The van der Waals surface area contributed by atoms with E-state index in [2.05, 4.69) is 20.5 Å². The minimum Gasteiger partial charge on any atom is -0.393 e. The van der Waals surface area contributed by atoms with Crippen molar-refractivity contribution in [2.45, 2.75) is 31.4 Å². The number of aliphatic hydroxyl groups is 1. The van der Waals surface area contributed by atoms with Gasteiger partial charge in [-0.15, -0.1) is 0 Å². The Labute approximate surface area is 137 Å². The van der Waals surface area contributed by atoms with E-state index in [9.17, 15) is 9.50 Å². The molecule has 1 aliphatic rings. The molecule has 2 atom stereocenters. The topological polar surface area (TPSA) is 99.9 Å². The molecule has 0 aliphatic heterocycles. The van der Waals surface area contributed by atoms with Gasteiger partial charge in [0.15, 0.2) is 0 Å². The van der Waals surface area contributed by atoms with Gasteiger partial charge >= 0.3 is 0 Å². The largest absolute Gasteiger partial charge is 0.393 e. The quantitative estimate of drug-likeness (QED) is 0.593. The molecule has 5 N–H and O–H groups in total. The number of fused-ring (bicyclic) bond motifs is 1. The molecule has 1 fully saturated rings. The Bertz CT molecular complexity index is 880. The van der Waals surface area contributed by atoms with Crippen molar-refractivity contribution in [3.8, 4) is 11.3 Å². The van der Waals surface area contributed by atoms with Crippen LogP contribution in [0.25, 0.3) is 22.2 Å². The van der Waals surface area contributed by atoms with E-state index in [1.807, 2.05) is 0 Å². The Hall–Kier alpha value is -2.67.